The minimum absolute atomic E-state index is 0.0519. The largest absolute Gasteiger partial charge is 0.491 e. The number of hydrogen-bond acceptors (Lipinski definition) is 4. The normalized spacial score (nSPS) is 22.9. The van der Waals surface area contributed by atoms with Crippen molar-refractivity contribution in [3.8, 4) is 5.75 Å². The summed E-state index contributed by atoms with van der Waals surface area (Å²) in [6.07, 6.45) is 0.930. The Labute approximate surface area is 111 Å². The molecule has 0 saturated carbocycles. The van der Waals surface area contributed by atoms with E-state index >= 15 is 0 Å². The lowest BCUT2D eigenvalue weighted by atomic mass is 10.1. The molecule has 0 bridgehead atoms. The van der Waals surface area contributed by atoms with Gasteiger partial charge >= 0.3 is 5.97 Å². The average Bonchev–Trinajstić information content (AvgIpc) is 2.85. The Kier molecular flexibility index (Phi) is 4.49. The molecular formula is C13H17NO3S. The van der Waals surface area contributed by atoms with Crippen molar-refractivity contribution in [2.45, 2.75) is 24.8 Å². The molecule has 18 heavy (non-hydrogen) atoms. The van der Waals surface area contributed by atoms with Crippen LogP contribution in [0.4, 0.5) is 0 Å². The van der Waals surface area contributed by atoms with Crippen molar-refractivity contribution in [1.82, 2.24) is 5.32 Å². The molecule has 98 valence electrons. The summed E-state index contributed by atoms with van der Waals surface area (Å²) in [5.74, 6) is 0.693. The summed E-state index contributed by atoms with van der Waals surface area (Å²) in [7, 11) is 0. The third-order valence-corrected chi connectivity index (χ3v) is 4.09. The molecule has 0 aromatic heterocycles. The molecule has 2 atom stereocenters. The van der Waals surface area contributed by atoms with E-state index in [9.17, 15) is 4.79 Å². The van der Waals surface area contributed by atoms with Crippen molar-refractivity contribution in [3.05, 3.63) is 29.8 Å². The van der Waals surface area contributed by atoms with Crippen LogP contribution < -0.4 is 10.1 Å². The van der Waals surface area contributed by atoms with Gasteiger partial charge in [-0.25, -0.2) is 0 Å². The van der Waals surface area contributed by atoms with E-state index in [0.717, 1.165) is 12.2 Å². The quantitative estimate of drug-likeness (QED) is 0.851. The predicted molar refractivity (Wildman–Crippen MR) is 72.1 cm³/mol. The number of rotatable bonds is 5. The van der Waals surface area contributed by atoms with E-state index in [1.54, 1.807) is 11.8 Å². The molecule has 0 amide bonds. The SMILES string of the molecule is CCc1ccccc1OCC1NC(C(=O)O)CS1. The lowest BCUT2D eigenvalue weighted by Crippen LogP contribution is -2.38. The van der Waals surface area contributed by atoms with E-state index in [1.807, 2.05) is 24.3 Å². The van der Waals surface area contributed by atoms with Gasteiger partial charge in [0.25, 0.3) is 0 Å². The monoisotopic (exact) mass is 267 g/mol. The van der Waals surface area contributed by atoms with Gasteiger partial charge in [0.1, 0.15) is 18.4 Å². The molecule has 0 aliphatic carbocycles. The Balaban J connectivity index is 1.87. The second-order valence-electron chi connectivity index (χ2n) is 4.15. The van der Waals surface area contributed by atoms with Gasteiger partial charge in [-0.3, -0.25) is 10.1 Å². The topological polar surface area (TPSA) is 58.6 Å². The summed E-state index contributed by atoms with van der Waals surface area (Å²) in [4.78, 5) is 10.8. The molecule has 0 spiro atoms. The maximum atomic E-state index is 10.8. The first kappa shape index (κ1) is 13.2. The van der Waals surface area contributed by atoms with Crippen LogP contribution in [0.2, 0.25) is 0 Å². The number of benzene rings is 1. The van der Waals surface area contributed by atoms with E-state index in [2.05, 4.69) is 12.2 Å². The van der Waals surface area contributed by atoms with Crippen molar-refractivity contribution in [2.24, 2.45) is 0 Å². The molecule has 2 N–H and O–H groups in total. The van der Waals surface area contributed by atoms with Crippen LogP contribution in [-0.4, -0.2) is 34.9 Å². The molecule has 5 heteroatoms. The van der Waals surface area contributed by atoms with E-state index in [4.69, 9.17) is 9.84 Å². The number of hydrogen-bond donors (Lipinski definition) is 2. The second-order valence-corrected chi connectivity index (χ2v) is 5.39. The summed E-state index contributed by atoms with van der Waals surface area (Å²) in [5.41, 5.74) is 1.18. The molecule has 0 radical (unpaired) electrons. The number of carbonyl (C=O) groups is 1. The minimum Gasteiger partial charge on any atom is -0.491 e. The maximum absolute atomic E-state index is 10.8. The number of ether oxygens (including phenoxy) is 1. The molecule has 2 rings (SSSR count). The number of carboxylic acids is 1. The van der Waals surface area contributed by atoms with E-state index in [1.165, 1.54) is 5.56 Å². The first-order chi connectivity index (χ1) is 8.70. The first-order valence-corrected chi connectivity index (χ1v) is 7.06. The van der Waals surface area contributed by atoms with Crippen LogP contribution in [-0.2, 0) is 11.2 Å². The van der Waals surface area contributed by atoms with Crippen LogP contribution in [0.15, 0.2) is 24.3 Å². The Bertz CT molecular complexity index is 424. The van der Waals surface area contributed by atoms with Crippen LogP contribution >= 0.6 is 11.8 Å². The van der Waals surface area contributed by atoms with E-state index < -0.39 is 12.0 Å². The molecule has 1 fully saturated rings. The fourth-order valence-corrected chi connectivity index (χ4v) is 2.96. The summed E-state index contributed by atoms with van der Waals surface area (Å²) in [6, 6.07) is 7.49. The predicted octanol–water partition coefficient (Wildman–Crippen LogP) is 1.74. The fourth-order valence-electron chi connectivity index (χ4n) is 1.87. The summed E-state index contributed by atoms with van der Waals surface area (Å²) < 4.78 is 5.76. The number of thioether (sulfide) groups is 1. The van der Waals surface area contributed by atoms with Crippen molar-refractivity contribution in [2.75, 3.05) is 12.4 Å². The Morgan fingerprint density at radius 2 is 2.33 bits per heavy atom. The van der Waals surface area contributed by atoms with E-state index in [-0.39, 0.29) is 5.37 Å². The maximum Gasteiger partial charge on any atom is 0.321 e. The van der Waals surface area contributed by atoms with Crippen molar-refractivity contribution >= 4 is 17.7 Å². The highest BCUT2D eigenvalue weighted by molar-refractivity contribution is 8.00. The lowest BCUT2D eigenvalue weighted by molar-refractivity contribution is -0.138. The Morgan fingerprint density at radius 3 is 3.00 bits per heavy atom. The molecule has 1 aromatic carbocycles. The molecule has 1 aliphatic rings. The van der Waals surface area contributed by atoms with Gasteiger partial charge in [-0.1, -0.05) is 25.1 Å². The highest BCUT2D eigenvalue weighted by Gasteiger charge is 2.29. The van der Waals surface area contributed by atoms with Crippen LogP contribution in [0.3, 0.4) is 0 Å². The van der Waals surface area contributed by atoms with Gasteiger partial charge in [-0.05, 0) is 18.1 Å². The number of para-hydroxylation sites is 1. The van der Waals surface area contributed by atoms with Crippen LogP contribution in [0.5, 0.6) is 5.75 Å². The molecule has 4 nitrogen and oxygen atoms in total. The van der Waals surface area contributed by atoms with Crippen LogP contribution in [0, 0.1) is 0 Å². The summed E-state index contributed by atoms with van der Waals surface area (Å²) in [6.45, 7) is 2.58. The number of carboxylic acid groups (broad SMARTS) is 1. The highest BCUT2D eigenvalue weighted by Crippen LogP contribution is 2.22. The molecule has 1 heterocycles. The average molecular weight is 267 g/mol. The summed E-state index contributed by atoms with van der Waals surface area (Å²) >= 11 is 1.59. The van der Waals surface area contributed by atoms with Crippen LogP contribution in [0.1, 0.15) is 12.5 Å². The molecule has 1 aromatic rings. The molecule has 1 aliphatic heterocycles. The summed E-state index contributed by atoms with van der Waals surface area (Å²) in [5, 5.41) is 12.0. The van der Waals surface area contributed by atoms with Gasteiger partial charge in [0, 0.05) is 5.75 Å². The first-order valence-electron chi connectivity index (χ1n) is 6.02. The van der Waals surface area contributed by atoms with Crippen LogP contribution in [0.25, 0.3) is 0 Å². The number of nitrogens with one attached hydrogen (secondary N) is 1. The van der Waals surface area contributed by atoms with Crippen molar-refractivity contribution < 1.29 is 14.6 Å². The Morgan fingerprint density at radius 1 is 1.56 bits per heavy atom. The zero-order valence-corrected chi connectivity index (χ0v) is 11.1. The second kappa shape index (κ2) is 6.11. The van der Waals surface area contributed by atoms with Gasteiger partial charge < -0.3 is 9.84 Å². The van der Waals surface area contributed by atoms with Gasteiger partial charge in [-0.15, -0.1) is 11.8 Å². The zero-order valence-electron chi connectivity index (χ0n) is 10.3. The molecular weight excluding hydrogens is 250 g/mol. The van der Waals surface area contributed by atoms with Gasteiger partial charge in [0.15, 0.2) is 0 Å². The number of aryl methyl sites for hydroxylation is 1. The van der Waals surface area contributed by atoms with E-state index in [0.29, 0.717) is 12.4 Å². The Hall–Kier alpha value is -1.20. The standard InChI is InChI=1S/C13H17NO3S/c1-2-9-5-3-4-6-11(9)17-7-12-14-10(8-18-12)13(15)16/h3-6,10,12,14H,2,7-8H2,1H3,(H,15,16). The van der Waals surface area contributed by atoms with Gasteiger partial charge in [0.2, 0.25) is 0 Å². The highest BCUT2D eigenvalue weighted by atomic mass is 32.2. The lowest BCUT2D eigenvalue weighted by Gasteiger charge is -2.14. The zero-order chi connectivity index (χ0) is 13.0. The molecule has 1 saturated heterocycles. The molecule has 2 unspecified atom stereocenters. The third-order valence-electron chi connectivity index (χ3n) is 2.89. The minimum atomic E-state index is -0.793. The van der Waals surface area contributed by atoms with Crippen molar-refractivity contribution in [3.63, 3.8) is 0 Å². The fraction of sp³-hybridized carbons (Fsp3) is 0.462. The van der Waals surface area contributed by atoms with Gasteiger partial charge in [-0.2, -0.15) is 0 Å². The smallest absolute Gasteiger partial charge is 0.321 e. The van der Waals surface area contributed by atoms with Crippen molar-refractivity contribution in [1.29, 1.82) is 0 Å². The third kappa shape index (κ3) is 3.17. The van der Waals surface area contributed by atoms with Gasteiger partial charge in [0.05, 0.1) is 5.37 Å². The number of aliphatic carboxylic acids is 1.